The van der Waals surface area contributed by atoms with Gasteiger partial charge in [-0.05, 0) is 6.07 Å². The van der Waals surface area contributed by atoms with E-state index in [1.54, 1.807) is 0 Å². The average Bonchev–Trinajstić information content (AvgIpc) is 2.80. The third-order valence-corrected chi connectivity index (χ3v) is 2.17. The van der Waals surface area contributed by atoms with Crippen LogP contribution in [0.25, 0.3) is 0 Å². The van der Waals surface area contributed by atoms with E-state index in [0.717, 1.165) is 6.21 Å². The van der Waals surface area contributed by atoms with E-state index in [-0.39, 0.29) is 23.8 Å². The summed E-state index contributed by atoms with van der Waals surface area (Å²) in [5, 5.41) is 22.6. The number of fused-ring (bicyclic) bond motifs is 1. The van der Waals surface area contributed by atoms with E-state index < -0.39 is 17.5 Å². The third kappa shape index (κ3) is 2.89. The van der Waals surface area contributed by atoms with Gasteiger partial charge in [0.25, 0.3) is 5.69 Å². The number of hydrogen-bond donors (Lipinski definition) is 1. The summed E-state index contributed by atoms with van der Waals surface area (Å²) < 4.78 is 10.1. The maximum absolute atomic E-state index is 10.9. The number of nitro benzene ring substituents is 1. The molecule has 0 amide bonds. The van der Waals surface area contributed by atoms with Crippen molar-refractivity contribution in [3.63, 3.8) is 0 Å². The minimum absolute atomic E-state index is 0.0113. The molecule has 0 fully saturated rings. The summed E-state index contributed by atoms with van der Waals surface area (Å²) in [5.74, 6) is -0.571. The van der Waals surface area contributed by atoms with Gasteiger partial charge in [-0.3, -0.25) is 10.1 Å². The molecule has 0 aliphatic carbocycles. The van der Waals surface area contributed by atoms with Crippen LogP contribution in [0.1, 0.15) is 5.56 Å². The van der Waals surface area contributed by atoms with Gasteiger partial charge in [0.15, 0.2) is 11.5 Å². The Kier molecular flexibility index (Phi) is 3.46. The van der Waals surface area contributed by atoms with Gasteiger partial charge < -0.3 is 19.4 Å². The maximum Gasteiger partial charge on any atom is 0.344 e. The highest BCUT2D eigenvalue weighted by molar-refractivity contribution is 5.86. The minimum Gasteiger partial charge on any atom is -0.479 e. The largest absolute Gasteiger partial charge is 0.479 e. The quantitative estimate of drug-likeness (QED) is 0.475. The van der Waals surface area contributed by atoms with Crippen molar-refractivity contribution in [2.45, 2.75) is 0 Å². The lowest BCUT2D eigenvalue weighted by Gasteiger charge is -2.00. The summed E-state index contributed by atoms with van der Waals surface area (Å²) >= 11 is 0. The Bertz CT molecular complexity index is 555. The van der Waals surface area contributed by atoms with E-state index in [1.807, 2.05) is 0 Å². The Hall–Kier alpha value is -2.84. The Labute approximate surface area is 106 Å². The zero-order chi connectivity index (χ0) is 13.8. The van der Waals surface area contributed by atoms with E-state index >= 15 is 0 Å². The zero-order valence-electron chi connectivity index (χ0n) is 9.44. The van der Waals surface area contributed by atoms with Gasteiger partial charge in [-0.15, -0.1) is 0 Å². The van der Waals surface area contributed by atoms with Gasteiger partial charge in [-0.1, -0.05) is 5.16 Å². The van der Waals surface area contributed by atoms with E-state index in [0.29, 0.717) is 5.75 Å². The normalized spacial score (nSPS) is 12.6. The van der Waals surface area contributed by atoms with Crippen LogP contribution in [0.5, 0.6) is 11.5 Å². The van der Waals surface area contributed by atoms with Gasteiger partial charge in [-0.2, -0.15) is 0 Å². The van der Waals surface area contributed by atoms with Crippen LogP contribution in [0.4, 0.5) is 5.69 Å². The summed E-state index contributed by atoms with van der Waals surface area (Å²) in [6.45, 7) is -0.641. The number of nitrogens with zero attached hydrogens (tertiary/aromatic N) is 2. The summed E-state index contributed by atoms with van der Waals surface area (Å²) in [6, 6.07) is 2.58. The van der Waals surface area contributed by atoms with Crippen LogP contribution >= 0.6 is 0 Å². The highest BCUT2D eigenvalue weighted by Crippen LogP contribution is 2.37. The molecule has 0 radical (unpaired) electrons. The third-order valence-electron chi connectivity index (χ3n) is 2.17. The highest BCUT2D eigenvalue weighted by Gasteiger charge is 2.22. The number of hydrogen-bond acceptors (Lipinski definition) is 7. The second kappa shape index (κ2) is 5.21. The topological polar surface area (TPSA) is 120 Å². The van der Waals surface area contributed by atoms with Gasteiger partial charge >= 0.3 is 5.97 Å². The number of aliphatic carboxylic acids is 1. The van der Waals surface area contributed by atoms with E-state index in [4.69, 9.17) is 14.6 Å². The molecule has 9 nitrogen and oxygen atoms in total. The van der Waals surface area contributed by atoms with Crippen molar-refractivity contribution in [3.05, 3.63) is 27.8 Å². The fourth-order valence-corrected chi connectivity index (χ4v) is 1.40. The molecular formula is C10H8N2O7. The molecule has 1 aliphatic heterocycles. The van der Waals surface area contributed by atoms with Crippen molar-refractivity contribution in [2.24, 2.45) is 5.16 Å². The first-order chi connectivity index (χ1) is 9.08. The zero-order valence-corrected chi connectivity index (χ0v) is 9.44. The van der Waals surface area contributed by atoms with Crippen molar-refractivity contribution < 1.29 is 29.1 Å². The first-order valence-electron chi connectivity index (χ1n) is 5.03. The lowest BCUT2D eigenvalue weighted by molar-refractivity contribution is -0.385. The van der Waals surface area contributed by atoms with Gasteiger partial charge in [0.2, 0.25) is 13.4 Å². The molecule has 0 unspecified atom stereocenters. The molecule has 1 N–H and O–H groups in total. The van der Waals surface area contributed by atoms with Crippen molar-refractivity contribution >= 4 is 17.9 Å². The first-order valence-corrected chi connectivity index (χ1v) is 5.03. The Morgan fingerprint density at radius 2 is 2.21 bits per heavy atom. The van der Waals surface area contributed by atoms with Crippen LogP contribution in [-0.2, 0) is 9.63 Å². The average molecular weight is 268 g/mol. The predicted molar refractivity (Wildman–Crippen MR) is 60.4 cm³/mol. The van der Waals surface area contributed by atoms with Crippen LogP contribution in [0.15, 0.2) is 17.3 Å². The molecule has 1 aromatic carbocycles. The Morgan fingerprint density at radius 1 is 1.53 bits per heavy atom. The van der Waals surface area contributed by atoms with Crippen molar-refractivity contribution in [2.75, 3.05) is 13.4 Å². The van der Waals surface area contributed by atoms with Gasteiger partial charge in [0.1, 0.15) is 0 Å². The minimum atomic E-state index is -1.20. The lowest BCUT2D eigenvalue weighted by Crippen LogP contribution is -2.03. The molecule has 1 aromatic rings. The molecule has 0 spiro atoms. The van der Waals surface area contributed by atoms with Crippen molar-refractivity contribution in [1.82, 2.24) is 0 Å². The molecule has 100 valence electrons. The fraction of sp³-hybridized carbons (Fsp3) is 0.200. The second-order valence-corrected chi connectivity index (χ2v) is 3.42. The van der Waals surface area contributed by atoms with Crippen molar-refractivity contribution in [1.29, 1.82) is 0 Å². The monoisotopic (exact) mass is 268 g/mol. The number of ether oxygens (including phenoxy) is 2. The number of oxime groups is 1. The standard InChI is InChI=1S/C10H8N2O7/c13-10(14)4-19-11-3-6-1-8-9(18-5-17-8)2-7(6)12(15)16/h1-3H,4-5H2,(H,13,14). The number of nitro groups is 1. The molecule has 0 saturated carbocycles. The summed E-state index contributed by atoms with van der Waals surface area (Å²) in [7, 11) is 0. The molecule has 0 bridgehead atoms. The molecule has 2 rings (SSSR count). The summed E-state index contributed by atoms with van der Waals surface area (Å²) in [5.41, 5.74) is -0.119. The summed E-state index contributed by atoms with van der Waals surface area (Å²) in [4.78, 5) is 24.9. The van der Waals surface area contributed by atoms with Crippen LogP contribution in [0.2, 0.25) is 0 Å². The molecular weight excluding hydrogens is 260 g/mol. The van der Waals surface area contributed by atoms with E-state index in [2.05, 4.69) is 9.99 Å². The maximum atomic E-state index is 10.9. The lowest BCUT2D eigenvalue weighted by atomic mass is 10.1. The predicted octanol–water partition coefficient (Wildman–Crippen LogP) is 0.759. The van der Waals surface area contributed by atoms with Crippen LogP contribution in [-0.4, -0.2) is 35.6 Å². The molecule has 0 aromatic heterocycles. The number of benzene rings is 1. The van der Waals surface area contributed by atoms with Crippen LogP contribution in [0.3, 0.4) is 0 Å². The Morgan fingerprint density at radius 3 is 2.84 bits per heavy atom. The molecule has 19 heavy (non-hydrogen) atoms. The molecule has 0 atom stereocenters. The molecule has 1 aliphatic rings. The fourth-order valence-electron chi connectivity index (χ4n) is 1.40. The number of rotatable bonds is 5. The summed E-state index contributed by atoms with van der Waals surface area (Å²) in [6.07, 6.45) is 1.04. The number of carboxylic acids is 1. The molecule has 1 heterocycles. The first kappa shape index (κ1) is 12.6. The Balaban J connectivity index is 2.23. The van der Waals surface area contributed by atoms with Gasteiger partial charge in [-0.25, -0.2) is 4.79 Å². The van der Waals surface area contributed by atoms with E-state index in [9.17, 15) is 14.9 Å². The molecule has 9 heteroatoms. The number of carboxylic acid groups (broad SMARTS) is 1. The van der Waals surface area contributed by atoms with Gasteiger partial charge in [0, 0.05) is 0 Å². The second-order valence-electron chi connectivity index (χ2n) is 3.42. The van der Waals surface area contributed by atoms with Crippen LogP contribution in [0, 0.1) is 10.1 Å². The smallest absolute Gasteiger partial charge is 0.344 e. The van der Waals surface area contributed by atoms with Crippen molar-refractivity contribution in [3.8, 4) is 11.5 Å². The number of carbonyl (C=O) groups is 1. The van der Waals surface area contributed by atoms with Crippen LogP contribution < -0.4 is 9.47 Å². The highest BCUT2D eigenvalue weighted by atomic mass is 16.7. The SMILES string of the molecule is O=C(O)CON=Cc1cc2c(cc1[N+](=O)[O-])OCO2. The van der Waals surface area contributed by atoms with E-state index in [1.165, 1.54) is 12.1 Å². The molecule has 0 saturated heterocycles. The van der Waals surface area contributed by atoms with Gasteiger partial charge in [0.05, 0.1) is 22.8 Å².